The molecule has 2 fully saturated rings. The fourth-order valence-corrected chi connectivity index (χ4v) is 5.19. The summed E-state index contributed by atoms with van der Waals surface area (Å²) in [7, 11) is 0. The van der Waals surface area contributed by atoms with Gasteiger partial charge in [-0.3, -0.25) is 9.59 Å². The highest BCUT2D eigenvalue weighted by molar-refractivity contribution is 7.10. The molecule has 3 atom stereocenters. The molecule has 0 aliphatic heterocycles. The highest BCUT2D eigenvalue weighted by Gasteiger charge is 2.40. The molecule has 140 valence electrons. The predicted molar refractivity (Wildman–Crippen MR) is 103 cm³/mol. The smallest absolute Gasteiger partial charge is 0.222 e. The highest BCUT2D eigenvalue weighted by atomic mass is 35.5. The van der Waals surface area contributed by atoms with Gasteiger partial charge in [0.05, 0.1) is 12.5 Å². The second-order valence-electron chi connectivity index (χ2n) is 7.25. The zero-order chi connectivity index (χ0) is 17.1. The number of halogens is 1. The van der Waals surface area contributed by atoms with Crippen LogP contribution in [0.3, 0.4) is 0 Å². The molecule has 3 rings (SSSR count). The van der Waals surface area contributed by atoms with E-state index in [0.29, 0.717) is 18.3 Å². The van der Waals surface area contributed by atoms with Gasteiger partial charge in [0.2, 0.25) is 11.8 Å². The van der Waals surface area contributed by atoms with E-state index in [1.165, 1.54) is 13.3 Å². The van der Waals surface area contributed by atoms with E-state index in [9.17, 15) is 9.59 Å². The summed E-state index contributed by atoms with van der Waals surface area (Å²) in [4.78, 5) is 25.1. The lowest BCUT2D eigenvalue weighted by molar-refractivity contribution is -0.124. The summed E-state index contributed by atoms with van der Waals surface area (Å²) < 4.78 is 0. The number of thiophene rings is 1. The zero-order valence-corrected chi connectivity index (χ0v) is 16.2. The lowest BCUT2D eigenvalue weighted by atomic mass is 9.67. The third kappa shape index (κ3) is 5.19. The number of nitrogens with two attached hydrogens (primary N) is 1. The molecule has 0 radical (unpaired) electrons. The van der Waals surface area contributed by atoms with Gasteiger partial charge >= 0.3 is 0 Å². The van der Waals surface area contributed by atoms with Gasteiger partial charge in [-0.25, -0.2) is 0 Å². The van der Waals surface area contributed by atoms with Crippen molar-refractivity contribution < 1.29 is 9.59 Å². The number of amides is 2. The average Bonchev–Trinajstić information content (AvgIpc) is 3.01. The molecule has 25 heavy (non-hydrogen) atoms. The molecule has 7 heteroatoms. The van der Waals surface area contributed by atoms with Crippen LogP contribution >= 0.6 is 23.7 Å². The van der Waals surface area contributed by atoms with Crippen molar-refractivity contribution in [3.63, 3.8) is 0 Å². The maximum absolute atomic E-state index is 12.6. The maximum Gasteiger partial charge on any atom is 0.222 e. The average molecular weight is 386 g/mol. The number of rotatable bonds is 5. The second-order valence-corrected chi connectivity index (χ2v) is 8.23. The van der Waals surface area contributed by atoms with E-state index >= 15 is 0 Å². The first kappa shape index (κ1) is 20.2. The van der Waals surface area contributed by atoms with Gasteiger partial charge in [-0.05, 0) is 49.0 Å². The minimum absolute atomic E-state index is 0. The van der Waals surface area contributed by atoms with Crippen molar-refractivity contribution >= 4 is 35.6 Å². The standard InChI is InChI=1S/C18H27N3O2S.ClH/c1-11(22)20-15(16-6-3-7-24-16)10-17(23)21-18-12-4-2-5-13(18)9-14(19)8-12;/h3,6-7,12-15,18H,2,4-5,8-10,19H2,1H3,(H,20,22)(H,21,23);1H. The molecule has 4 N–H and O–H groups in total. The normalized spacial score (nSPS) is 29.2. The molecule has 0 spiro atoms. The van der Waals surface area contributed by atoms with Gasteiger partial charge in [0, 0.05) is 23.9 Å². The molecule has 2 aliphatic rings. The number of fused-ring (bicyclic) bond motifs is 2. The third-order valence-corrected chi connectivity index (χ3v) is 6.34. The molecule has 0 saturated heterocycles. The monoisotopic (exact) mass is 385 g/mol. The van der Waals surface area contributed by atoms with Crippen molar-refractivity contribution in [3.05, 3.63) is 22.4 Å². The van der Waals surface area contributed by atoms with E-state index < -0.39 is 0 Å². The predicted octanol–water partition coefficient (Wildman–Crippen LogP) is 2.76. The number of hydrogen-bond donors (Lipinski definition) is 3. The summed E-state index contributed by atoms with van der Waals surface area (Å²) in [5.41, 5.74) is 6.16. The first-order chi connectivity index (χ1) is 11.5. The highest BCUT2D eigenvalue weighted by Crippen LogP contribution is 2.39. The second kappa shape index (κ2) is 9.01. The summed E-state index contributed by atoms with van der Waals surface area (Å²) in [6, 6.07) is 4.21. The van der Waals surface area contributed by atoms with Crippen molar-refractivity contribution in [1.82, 2.24) is 10.6 Å². The summed E-state index contributed by atoms with van der Waals surface area (Å²) in [5.74, 6) is 0.941. The topological polar surface area (TPSA) is 84.2 Å². The number of carbonyl (C=O) groups is 2. The lowest BCUT2D eigenvalue weighted by Gasteiger charge is -2.45. The van der Waals surface area contributed by atoms with Crippen LogP contribution in [0, 0.1) is 11.8 Å². The number of carbonyl (C=O) groups excluding carboxylic acids is 2. The van der Waals surface area contributed by atoms with E-state index in [0.717, 1.165) is 30.6 Å². The van der Waals surface area contributed by atoms with Crippen molar-refractivity contribution in [2.75, 3.05) is 0 Å². The van der Waals surface area contributed by atoms with Gasteiger partial charge in [-0.15, -0.1) is 23.7 Å². The van der Waals surface area contributed by atoms with Gasteiger partial charge in [0.25, 0.3) is 0 Å². The van der Waals surface area contributed by atoms with Crippen LogP contribution in [-0.4, -0.2) is 23.9 Å². The molecule has 2 aliphatic carbocycles. The van der Waals surface area contributed by atoms with Crippen molar-refractivity contribution in [2.45, 2.75) is 63.6 Å². The first-order valence-electron chi connectivity index (χ1n) is 8.88. The molecule has 1 heterocycles. The SMILES string of the molecule is CC(=O)NC(CC(=O)NC1C2CCCC1CC(N)C2)c1cccs1.Cl. The van der Waals surface area contributed by atoms with Crippen LogP contribution in [-0.2, 0) is 9.59 Å². The van der Waals surface area contributed by atoms with Gasteiger partial charge in [-0.2, -0.15) is 0 Å². The molecule has 2 amide bonds. The molecule has 1 aromatic rings. The first-order valence-corrected chi connectivity index (χ1v) is 9.76. The van der Waals surface area contributed by atoms with Crippen LogP contribution in [0.4, 0.5) is 0 Å². The Morgan fingerprint density at radius 1 is 1.32 bits per heavy atom. The largest absolute Gasteiger partial charge is 0.353 e. The summed E-state index contributed by atoms with van der Waals surface area (Å²) in [6.45, 7) is 1.49. The Morgan fingerprint density at radius 3 is 2.56 bits per heavy atom. The van der Waals surface area contributed by atoms with Crippen LogP contribution in [0.5, 0.6) is 0 Å². The van der Waals surface area contributed by atoms with E-state index in [1.54, 1.807) is 11.3 Å². The Balaban J connectivity index is 0.00000225. The van der Waals surface area contributed by atoms with Gasteiger partial charge < -0.3 is 16.4 Å². The van der Waals surface area contributed by atoms with Crippen LogP contribution in [0.2, 0.25) is 0 Å². The van der Waals surface area contributed by atoms with Crippen molar-refractivity contribution in [3.8, 4) is 0 Å². The van der Waals surface area contributed by atoms with Crippen molar-refractivity contribution in [2.24, 2.45) is 17.6 Å². The number of nitrogens with one attached hydrogen (secondary N) is 2. The molecular formula is C18H28ClN3O2S. The van der Waals surface area contributed by atoms with E-state index in [2.05, 4.69) is 10.6 Å². The van der Waals surface area contributed by atoms with Crippen LogP contribution in [0.25, 0.3) is 0 Å². The molecule has 1 aromatic heterocycles. The van der Waals surface area contributed by atoms with Crippen LogP contribution in [0.1, 0.15) is 56.4 Å². The minimum Gasteiger partial charge on any atom is -0.353 e. The van der Waals surface area contributed by atoms with Gasteiger partial charge in [0.15, 0.2) is 0 Å². The Bertz CT molecular complexity index is 567. The molecular weight excluding hydrogens is 358 g/mol. The minimum atomic E-state index is -0.242. The van der Waals surface area contributed by atoms with Gasteiger partial charge in [-0.1, -0.05) is 12.5 Å². The molecule has 0 aromatic carbocycles. The quantitative estimate of drug-likeness (QED) is 0.728. The van der Waals surface area contributed by atoms with E-state index in [1.807, 2.05) is 17.5 Å². The fraction of sp³-hybridized carbons (Fsp3) is 0.667. The molecule has 5 nitrogen and oxygen atoms in total. The Hall–Kier alpha value is -1.11. The summed E-state index contributed by atoms with van der Waals surface area (Å²) in [6.07, 6.45) is 5.90. The Kier molecular flexibility index (Phi) is 7.28. The Labute approximate surface area is 159 Å². The van der Waals surface area contributed by atoms with Crippen LogP contribution < -0.4 is 16.4 Å². The lowest BCUT2D eigenvalue weighted by Crippen LogP contribution is -2.54. The van der Waals surface area contributed by atoms with Crippen molar-refractivity contribution in [1.29, 1.82) is 0 Å². The maximum atomic E-state index is 12.6. The fourth-order valence-electron chi connectivity index (χ4n) is 4.41. The number of hydrogen-bond acceptors (Lipinski definition) is 4. The van der Waals surface area contributed by atoms with Crippen LogP contribution in [0.15, 0.2) is 17.5 Å². The van der Waals surface area contributed by atoms with E-state index in [4.69, 9.17) is 5.73 Å². The molecule has 2 saturated carbocycles. The zero-order valence-electron chi connectivity index (χ0n) is 14.6. The Morgan fingerprint density at radius 2 is 2.00 bits per heavy atom. The van der Waals surface area contributed by atoms with Gasteiger partial charge in [0.1, 0.15) is 0 Å². The summed E-state index contributed by atoms with van der Waals surface area (Å²) in [5, 5.41) is 8.13. The molecule has 3 unspecified atom stereocenters. The molecule has 2 bridgehead atoms. The van der Waals surface area contributed by atoms with E-state index in [-0.39, 0.29) is 42.3 Å². The third-order valence-electron chi connectivity index (χ3n) is 5.36. The summed E-state index contributed by atoms with van der Waals surface area (Å²) >= 11 is 1.57.